The minimum Gasteiger partial charge on any atom is -0.512 e. The van der Waals surface area contributed by atoms with Crippen LogP contribution in [0.15, 0.2) is 28.1 Å². The number of Topliss-reactive ketones (excluding diaryl/α,β-unsaturated/α-hetero) is 2. The normalized spacial score (nSPS) is 15.7. The fraction of sp³-hybridized carbons (Fsp3) is 0.529. The van der Waals surface area contributed by atoms with E-state index in [1.165, 1.54) is 12.3 Å². The second kappa shape index (κ2) is 8.61. The molecule has 1 aliphatic carbocycles. The van der Waals surface area contributed by atoms with E-state index in [0.717, 1.165) is 0 Å². The van der Waals surface area contributed by atoms with E-state index in [1.807, 2.05) is 0 Å². The predicted molar refractivity (Wildman–Crippen MR) is 90.7 cm³/mol. The van der Waals surface area contributed by atoms with E-state index in [0.29, 0.717) is 19.3 Å². The van der Waals surface area contributed by atoms with E-state index in [4.69, 9.17) is 13.5 Å². The summed E-state index contributed by atoms with van der Waals surface area (Å²) < 4.78 is 28.4. The maximum absolute atomic E-state index is 12.6. The molecule has 0 amide bonds. The molecular formula is C17H23O7P. The van der Waals surface area contributed by atoms with Crippen molar-refractivity contribution in [1.82, 2.24) is 0 Å². The standard InChI is InChI=1S/C17H23O7P/c1-3-23-25(21,24-4-2)11-17-12(8-9-22-17)16(20)10-13-14(18)6-5-7-15(13)19/h8-9,18H,3-7,10-11H2,1-2H3. The van der Waals surface area contributed by atoms with Gasteiger partial charge in [0.1, 0.15) is 11.9 Å². The fourth-order valence-corrected chi connectivity index (χ4v) is 4.39. The Morgan fingerprint density at radius 3 is 2.56 bits per heavy atom. The summed E-state index contributed by atoms with van der Waals surface area (Å²) in [6, 6.07) is 1.46. The highest BCUT2D eigenvalue weighted by Crippen LogP contribution is 2.51. The number of carbonyl (C=O) groups excluding carboxylic acids is 2. The molecule has 0 fully saturated rings. The molecule has 0 saturated heterocycles. The molecule has 0 atom stereocenters. The van der Waals surface area contributed by atoms with E-state index in [9.17, 15) is 19.3 Å². The van der Waals surface area contributed by atoms with Crippen LogP contribution in [0.25, 0.3) is 0 Å². The lowest BCUT2D eigenvalue weighted by molar-refractivity contribution is -0.116. The molecule has 25 heavy (non-hydrogen) atoms. The monoisotopic (exact) mass is 370 g/mol. The summed E-state index contributed by atoms with van der Waals surface area (Å²) in [6.07, 6.45) is 2.27. The molecule has 0 aliphatic heterocycles. The van der Waals surface area contributed by atoms with Crippen LogP contribution in [0.3, 0.4) is 0 Å². The van der Waals surface area contributed by atoms with Gasteiger partial charge >= 0.3 is 7.60 Å². The second-order valence-corrected chi connectivity index (χ2v) is 7.72. The Balaban J connectivity index is 2.19. The number of ketones is 2. The molecule has 0 unspecified atom stereocenters. The highest BCUT2D eigenvalue weighted by molar-refractivity contribution is 7.53. The molecule has 0 spiro atoms. The minimum absolute atomic E-state index is 0.0241. The lowest BCUT2D eigenvalue weighted by atomic mass is 9.91. The SMILES string of the molecule is CCOP(=O)(Cc1occc1C(=O)CC1=C(O)CCCC1=O)OCC. The third kappa shape index (κ3) is 4.91. The van der Waals surface area contributed by atoms with Gasteiger partial charge in [0.2, 0.25) is 0 Å². The third-order valence-corrected chi connectivity index (χ3v) is 5.85. The lowest BCUT2D eigenvalue weighted by Gasteiger charge is -2.17. The number of furan rings is 1. The van der Waals surface area contributed by atoms with Crippen LogP contribution in [-0.2, 0) is 24.6 Å². The molecule has 8 heteroatoms. The van der Waals surface area contributed by atoms with Gasteiger partial charge in [0.25, 0.3) is 0 Å². The molecule has 0 bridgehead atoms. The van der Waals surface area contributed by atoms with Crippen LogP contribution in [0.5, 0.6) is 0 Å². The highest BCUT2D eigenvalue weighted by atomic mass is 31.2. The summed E-state index contributed by atoms with van der Waals surface area (Å²) in [5.74, 6) is -0.418. The van der Waals surface area contributed by atoms with Gasteiger partial charge in [0.15, 0.2) is 11.6 Å². The Morgan fingerprint density at radius 1 is 1.28 bits per heavy atom. The number of hydrogen-bond donors (Lipinski definition) is 1. The minimum atomic E-state index is -3.42. The molecule has 7 nitrogen and oxygen atoms in total. The first-order valence-electron chi connectivity index (χ1n) is 8.32. The van der Waals surface area contributed by atoms with Gasteiger partial charge < -0.3 is 18.6 Å². The quantitative estimate of drug-likeness (QED) is 0.513. The Kier molecular flexibility index (Phi) is 6.76. The van der Waals surface area contributed by atoms with Crippen molar-refractivity contribution in [2.45, 2.75) is 45.7 Å². The number of aliphatic hydroxyl groups is 1. The number of rotatable bonds is 9. The Bertz CT molecular complexity index is 706. The van der Waals surface area contributed by atoms with Crippen molar-refractivity contribution in [1.29, 1.82) is 0 Å². The van der Waals surface area contributed by atoms with Gasteiger partial charge in [-0.1, -0.05) is 0 Å². The number of aliphatic hydroxyl groups excluding tert-OH is 1. The zero-order valence-electron chi connectivity index (χ0n) is 14.4. The zero-order valence-corrected chi connectivity index (χ0v) is 15.3. The van der Waals surface area contributed by atoms with E-state index in [2.05, 4.69) is 0 Å². The van der Waals surface area contributed by atoms with Gasteiger partial charge in [-0.15, -0.1) is 0 Å². The van der Waals surface area contributed by atoms with Crippen molar-refractivity contribution in [3.8, 4) is 0 Å². The van der Waals surface area contributed by atoms with Gasteiger partial charge in [-0.25, -0.2) is 0 Å². The molecule has 0 radical (unpaired) electrons. The lowest BCUT2D eigenvalue weighted by Crippen LogP contribution is -2.15. The van der Waals surface area contributed by atoms with E-state index in [-0.39, 0.29) is 60.0 Å². The van der Waals surface area contributed by atoms with Crippen molar-refractivity contribution >= 4 is 19.2 Å². The molecule has 2 rings (SSSR count). The number of allylic oxidation sites excluding steroid dienone is 2. The fourth-order valence-electron chi connectivity index (χ4n) is 2.74. The van der Waals surface area contributed by atoms with Gasteiger partial charge in [-0.2, -0.15) is 0 Å². The van der Waals surface area contributed by atoms with Crippen molar-refractivity contribution in [3.63, 3.8) is 0 Å². The molecule has 1 N–H and O–H groups in total. The van der Waals surface area contributed by atoms with Crippen LogP contribution in [0.4, 0.5) is 0 Å². The zero-order chi connectivity index (χ0) is 18.4. The van der Waals surface area contributed by atoms with Crippen LogP contribution in [0, 0.1) is 0 Å². The molecule has 0 aromatic carbocycles. The summed E-state index contributed by atoms with van der Waals surface area (Å²) in [6.45, 7) is 3.81. The number of carbonyl (C=O) groups is 2. The third-order valence-electron chi connectivity index (χ3n) is 3.87. The first kappa shape index (κ1) is 19.6. The average Bonchev–Trinajstić information content (AvgIpc) is 2.99. The molecule has 138 valence electrons. The van der Waals surface area contributed by atoms with E-state index < -0.39 is 7.60 Å². The maximum atomic E-state index is 12.6. The molecule has 0 saturated carbocycles. The highest BCUT2D eigenvalue weighted by Gasteiger charge is 2.30. The summed E-state index contributed by atoms with van der Waals surface area (Å²) in [5, 5.41) is 9.88. The number of hydrogen-bond acceptors (Lipinski definition) is 7. The Labute approximate surface area is 146 Å². The topological polar surface area (TPSA) is 103 Å². The van der Waals surface area contributed by atoms with Crippen LogP contribution < -0.4 is 0 Å². The van der Waals surface area contributed by atoms with Gasteiger partial charge in [0, 0.05) is 24.8 Å². The first-order chi connectivity index (χ1) is 11.9. The average molecular weight is 370 g/mol. The molecule has 1 aromatic rings. The van der Waals surface area contributed by atoms with Crippen LogP contribution in [0.1, 0.15) is 55.6 Å². The van der Waals surface area contributed by atoms with E-state index in [1.54, 1.807) is 13.8 Å². The Hall–Kier alpha value is -1.69. The summed E-state index contributed by atoms with van der Waals surface area (Å²) in [5.41, 5.74) is 0.375. The van der Waals surface area contributed by atoms with Crippen molar-refractivity contribution in [3.05, 3.63) is 35.0 Å². The van der Waals surface area contributed by atoms with Gasteiger partial charge in [-0.3, -0.25) is 14.2 Å². The smallest absolute Gasteiger partial charge is 0.338 e. The van der Waals surface area contributed by atoms with Crippen LogP contribution in [0.2, 0.25) is 0 Å². The van der Waals surface area contributed by atoms with Crippen molar-refractivity contribution in [2.75, 3.05) is 13.2 Å². The second-order valence-electron chi connectivity index (χ2n) is 5.66. The summed E-state index contributed by atoms with van der Waals surface area (Å²) >= 11 is 0. The Morgan fingerprint density at radius 2 is 1.96 bits per heavy atom. The molecule has 1 aliphatic rings. The summed E-state index contributed by atoms with van der Waals surface area (Å²) in [4.78, 5) is 24.5. The van der Waals surface area contributed by atoms with Gasteiger partial charge in [-0.05, 0) is 26.3 Å². The predicted octanol–water partition coefficient (Wildman–Crippen LogP) is 4.18. The molecular weight excluding hydrogens is 347 g/mol. The van der Waals surface area contributed by atoms with Crippen LogP contribution >= 0.6 is 7.60 Å². The van der Waals surface area contributed by atoms with Gasteiger partial charge in [0.05, 0.1) is 30.8 Å². The molecule has 1 aromatic heterocycles. The van der Waals surface area contributed by atoms with Crippen molar-refractivity contribution in [2.24, 2.45) is 0 Å². The van der Waals surface area contributed by atoms with Crippen molar-refractivity contribution < 1.29 is 32.7 Å². The first-order valence-corrected chi connectivity index (χ1v) is 10.0. The largest absolute Gasteiger partial charge is 0.512 e. The van der Waals surface area contributed by atoms with E-state index >= 15 is 0 Å². The molecule has 1 heterocycles. The maximum Gasteiger partial charge on any atom is 0.338 e. The van der Waals surface area contributed by atoms with Crippen LogP contribution in [-0.4, -0.2) is 29.9 Å². The summed E-state index contributed by atoms with van der Waals surface area (Å²) in [7, 11) is -3.42.